The van der Waals surface area contributed by atoms with Crippen molar-refractivity contribution >= 4 is 40.1 Å². The van der Waals surface area contributed by atoms with Crippen molar-refractivity contribution in [3.05, 3.63) is 62.9 Å². The van der Waals surface area contributed by atoms with Crippen molar-refractivity contribution in [3.63, 3.8) is 0 Å². The number of aromatic nitrogens is 2. The Kier molecular flexibility index (Phi) is 5.78. The minimum atomic E-state index is -0.0297. The van der Waals surface area contributed by atoms with Gasteiger partial charge in [0.1, 0.15) is 12.4 Å². The molecule has 0 atom stereocenters. The topological polar surface area (TPSA) is 46.9 Å². The lowest BCUT2D eigenvalue weighted by molar-refractivity contribution is -0.122. The maximum atomic E-state index is 12.4. The van der Waals surface area contributed by atoms with Gasteiger partial charge in [0.25, 0.3) is 0 Å². The van der Waals surface area contributed by atoms with Crippen molar-refractivity contribution in [2.75, 3.05) is 0 Å². The van der Waals surface area contributed by atoms with E-state index in [-0.39, 0.29) is 18.5 Å². The Hall–Kier alpha value is -2.04. The van der Waals surface area contributed by atoms with E-state index < -0.39 is 0 Å². The molecule has 0 aliphatic heterocycles. The summed E-state index contributed by atoms with van der Waals surface area (Å²) in [5, 5.41) is 3.99. The van der Waals surface area contributed by atoms with Crippen LogP contribution in [0.2, 0.25) is 10.0 Å². The number of nitrogens with zero attached hydrogens (tertiary/aromatic N) is 2. The monoisotopic (exact) mass is 403 g/mol. The number of hydrogen-bond donors (Lipinski definition) is 1. The van der Waals surface area contributed by atoms with E-state index in [1.165, 1.54) is 11.1 Å². The number of aryl methyl sites for hydroxylation is 2. The quantitative estimate of drug-likeness (QED) is 0.645. The predicted molar refractivity (Wildman–Crippen MR) is 112 cm³/mol. The van der Waals surface area contributed by atoms with E-state index in [0.29, 0.717) is 16.5 Å². The number of rotatable bonds is 5. The average Bonchev–Trinajstić information content (AvgIpc) is 2.87. The lowest BCUT2D eigenvalue weighted by Crippen LogP contribution is -2.33. The van der Waals surface area contributed by atoms with E-state index in [9.17, 15) is 4.79 Å². The second-order valence-electron chi connectivity index (χ2n) is 7.19. The Morgan fingerprint density at radius 1 is 1.11 bits per heavy atom. The number of halogens is 2. The Bertz CT molecular complexity index is 1010. The first-order valence-corrected chi connectivity index (χ1v) is 9.70. The van der Waals surface area contributed by atoms with Crippen LogP contribution in [-0.2, 0) is 17.8 Å². The first-order chi connectivity index (χ1) is 12.7. The van der Waals surface area contributed by atoms with Crippen LogP contribution in [0.4, 0.5) is 0 Å². The van der Waals surface area contributed by atoms with Gasteiger partial charge in [-0.1, -0.05) is 29.3 Å². The van der Waals surface area contributed by atoms with Crippen LogP contribution in [0.3, 0.4) is 0 Å². The van der Waals surface area contributed by atoms with Crippen LogP contribution in [-0.4, -0.2) is 21.5 Å². The van der Waals surface area contributed by atoms with Gasteiger partial charge in [-0.15, -0.1) is 0 Å². The van der Waals surface area contributed by atoms with E-state index in [0.717, 1.165) is 22.4 Å². The maximum Gasteiger partial charge on any atom is 0.240 e. The van der Waals surface area contributed by atoms with Crippen LogP contribution in [0.5, 0.6) is 0 Å². The fourth-order valence-electron chi connectivity index (χ4n) is 3.08. The number of nitrogens with one attached hydrogen (secondary N) is 1. The molecule has 142 valence electrons. The van der Waals surface area contributed by atoms with Gasteiger partial charge in [-0.05, 0) is 68.7 Å². The fourth-order valence-corrected chi connectivity index (χ4v) is 3.41. The Morgan fingerprint density at radius 3 is 2.48 bits per heavy atom. The highest BCUT2D eigenvalue weighted by Gasteiger charge is 2.16. The number of carbonyl (C=O) groups excluding carboxylic acids is 1. The first kappa shape index (κ1) is 19.7. The fraction of sp³-hybridized carbons (Fsp3) is 0.333. The molecule has 1 heterocycles. The molecule has 0 saturated carbocycles. The molecule has 6 heteroatoms. The average molecular weight is 404 g/mol. The Balaban J connectivity index is 2.05. The molecule has 2 aromatic carbocycles. The van der Waals surface area contributed by atoms with Crippen LogP contribution in [0.1, 0.15) is 36.4 Å². The van der Waals surface area contributed by atoms with Crippen molar-refractivity contribution in [3.8, 4) is 0 Å². The summed E-state index contributed by atoms with van der Waals surface area (Å²) in [5.41, 5.74) is 5.21. The second kappa shape index (κ2) is 7.91. The summed E-state index contributed by atoms with van der Waals surface area (Å²) < 4.78 is 1.99. The van der Waals surface area contributed by atoms with E-state index in [1.54, 1.807) is 6.07 Å². The molecule has 0 aliphatic rings. The molecular formula is C21H23Cl2N3O. The van der Waals surface area contributed by atoms with Gasteiger partial charge in [0, 0.05) is 12.5 Å². The number of amides is 1. The molecule has 0 radical (unpaired) electrons. The molecule has 3 aromatic rings. The predicted octanol–water partition coefficient (Wildman–Crippen LogP) is 5.08. The molecule has 4 nitrogen and oxygen atoms in total. The summed E-state index contributed by atoms with van der Waals surface area (Å²) in [5.74, 6) is 0.796. The molecule has 1 aromatic heterocycles. The van der Waals surface area contributed by atoms with Crippen molar-refractivity contribution in [1.29, 1.82) is 0 Å². The van der Waals surface area contributed by atoms with Gasteiger partial charge in [0.05, 0.1) is 21.1 Å². The molecule has 0 aliphatic carbocycles. The third kappa shape index (κ3) is 4.45. The van der Waals surface area contributed by atoms with Crippen LogP contribution >= 0.6 is 23.2 Å². The van der Waals surface area contributed by atoms with Crippen LogP contribution in [0.15, 0.2) is 30.3 Å². The standard InChI is InChI=1S/C21H23Cl2N3O/c1-12(2)24-21(27)11-26-19-8-14(4)13(3)7-18(19)25-20(26)10-15-5-6-16(22)17(23)9-15/h5-9,12H,10-11H2,1-4H3,(H,24,27). The summed E-state index contributed by atoms with van der Waals surface area (Å²) >= 11 is 12.2. The van der Waals surface area contributed by atoms with Gasteiger partial charge >= 0.3 is 0 Å². The van der Waals surface area contributed by atoms with Gasteiger partial charge in [0.2, 0.25) is 5.91 Å². The minimum absolute atomic E-state index is 0.0297. The lowest BCUT2D eigenvalue weighted by atomic mass is 10.1. The van der Waals surface area contributed by atoms with Crippen molar-refractivity contribution in [2.45, 2.75) is 46.7 Å². The Labute approximate surface area is 169 Å². The molecule has 0 fully saturated rings. The number of carbonyl (C=O) groups is 1. The first-order valence-electron chi connectivity index (χ1n) is 8.94. The smallest absolute Gasteiger partial charge is 0.240 e. The largest absolute Gasteiger partial charge is 0.352 e. The van der Waals surface area contributed by atoms with Gasteiger partial charge in [-0.25, -0.2) is 4.98 Å². The highest BCUT2D eigenvalue weighted by Crippen LogP contribution is 2.26. The second-order valence-corrected chi connectivity index (χ2v) is 8.00. The van der Waals surface area contributed by atoms with Crippen molar-refractivity contribution in [1.82, 2.24) is 14.9 Å². The molecule has 0 unspecified atom stereocenters. The molecule has 0 bridgehead atoms. The van der Waals surface area contributed by atoms with E-state index in [2.05, 4.69) is 31.3 Å². The summed E-state index contributed by atoms with van der Waals surface area (Å²) in [6.45, 7) is 8.27. The van der Waals surface area contributed by atoms with Crippen LogP contribution in [0.25, 0.3) is 11.0 Å². The number of benzene rings is 2. The SMILES string of the molecule is Cc1cc2nc(Cc3ccc(Cl)c(Cl)c3)n(CC(=O)NC(C)C)c2cc1C. The molecule has 1 amide bonds. The van der Waals surface area contributed by atoms with Crippen LogP contribution in [0, 0.1) is 13.8 Å². The summed E-state index contributed by atoms with van der Waals surface area (Å²) in [4.78, 5) is 17.2. The molecule has 1 N–H and O–H groups in total. The normalized spacial score (nSPS) is 11.4. The van der Waals surface area contributed by atoms with Gasteiger partial charge in [-0.2, -0.15) is 0 Å². The maximum absolute atomic E-state index is 12.4. The highest BCUT2D eigenvalue weighted by atomic mass is 35.5. The minimum Gasteiger partial charge on any atom is -0.352 e. The third-order valence-electron chi connectivity index (χ3n) is 4.54. The lowest BCUT2D eigenvalue weighted by Gasteiger charge is -2.12. The van der Waals surface area contributed by atoms with Crippen LogP contribution < -0.4 is 5.32 Å². The molecular weight excluding hydrogens is 381 g/mol. The Morgan fingerprint density at radius 2 is 1.81 bits per heavy atom. The molecule has 0 spiro atoms. The molecule has 3 rings (SSSR count). The van der Waals surface area contributed by atoms with Gasteiger partial charge in [-0.3, -0.25) is 4.79 Å². The van der Waals surface area contributed by atoms with Gasteiger partial charge in [0.15, 0.2) is 0 Å². The number of imidazole rings is 1. The zero-order chi connectivity index (χ0) is 19.7. The number of fused-ring (bicyclic) bond motifs is 1. The summed E-state index contributed by atoms with van der Waals surface area (Å²) in [6.07, 6.45) is 0.568. The molecule has 0 saturated heterocycles. The van der Waals surface area contributed by atoms with Crippen molar-refractivity contribution < 1.29 is 4.79 Å². The van der Waals surface area contributed by atoms with E-state index >= 15 is 0 Å². The zero-order valence-corrected chi connectivity index (χ0v) is 17.4. The molecule has 27 heavy (non-hydrogen) atoms. The third-order valence-corrected chi connectivity index (χ3v) is 5.28. The summed E-state index contributed by atoms with van der Waals surface area (Å²) in [7, 11) is 0. The highest BCUT2D eigenvalue weighted by molar-refractivity contribution is 6.42. The van der Waals surface area contributed by atoms with Gasteiger partial charge < -0.3 is 9.88 Å². The summed E-state index contributed by atoms with van der Waals surface area (Å²) in [6, 6.07) is 9.82. The number of hydrogen-bond acceptors (Lipinski definition) is 2. The van der Waals surface area contributed by atoms with E-state index in [1.807, 2.05) is 30.5 Å². The zero-order valence-electron chi connectivity index (χ0n) is 15.9. The van der Waals surface area contributed by atoms with Crippen molar-refractivity contribution in [2.24, 2.45) is 0 Å². The van der Waals surface area contributed by atoms with E-state index in [4.69, 9.17) is 28.2 Å².